The molecule has 2 heterocycles. The van der Waals surface area contributed by atoms with E-state index in [0.29, 0.717) is 31.7 Å². The predicted molar refractivity (Wildman–Crippen MR) is 108 cm³/mol. The first-order valence-corrected chi connectivity index (χ1v) is 10.3. The molecule has 156 valence electrons. The van der Waals surface area contributed by atoms with Gasteiger partial charge in [-0.05, 0) is 68.0 Å². The van der Waals surface area contributed by atoms with Crippen molar-refractivity contribution in [2.45, 2.75) is 57.0 Å². The molecule has 0 aliphatic carbocycles. The molecule has 2 aromatic carbocycles. The molecule has 0 bridgehead atoms. The number of benzene rings is 2. The molecule has 0 fully saturated rings. The molecular weight excluding hydrogens is 373 g/mol. The summed E-state index contributed by atoms with van der Waals surface area (Å²) in [6.07, 6.45) is 0.971. The molecule has 29 heavy (non-hydrogen) atoms. The highest BCUT2D eigenvalue weighted by Gasteiger charge is 2.29. The van der Waals surface area contributed by atoms with Crippen LogP contribution in [0.25, 0.3) is 0 Å². The van der Waals surface area contributed by atoms with Crippen LogP contribution in [-0.4, -0.2) is 47.7 Å². The molecule has 0 aromatic heterocycles. The van der Waals surface area contributed by atoms with E-state index >= 15 is 0 Å². The molecule has 0 spiro atoms. The Labute approximate surface area is 170 Å². The number of hydrogen-bond donors (Lipinski definition) is 3. The van der Waals surface area contributed by atoms with E-state index in [4.69, 9.17) is 9.47 Å². The number of aliphatic hydroxyl groups is 2. The Morgan fingerprint density at radius 3 is 2.10 bits per heavy atom. The normalized spacial score (nSPS) is 22.6. The second-order valence-corrected chi connectivity index (χ2v) is 8.05. The standard InChI is InChI=1S/C23H28FNO4/c1-14-2-6-20-15(10-14)3-7-22(28-20)18(26)12-25-13-19(27)23-8-4-16-11-17(24)5-9-21(16)29-23/h2,5-6,9-11,18-19,22-23,25-27H,3-4,7-8,12-13H2,1H3/t18-,19-,22-,23+/m0/s1. The van der Waals surface area contributed by atoms with Gasteiger partial charge in [0, 0.05) is 13.1 Å². The number of hydrogen-bond acceptors (Lipinski definition) is 5. The Balaban J connectivity index is 1.24. The van der Waals surface area contributed by atoms with Gasteiger partial charge in [0.2, 0.25) is 0 Å². The van der Waals surface area contributed by atoms with Gasteiger partial charge in [-0.3, -0.25) is 0 Å². The second-order valence-electron chi connectivity index (χ2n) is 8.05. The lowest BCUT2D eigenvalue weighted by Gasteiger charge is -2.31. The quantitative estimate of drug-likeness (QED) is 0.694. The molecule has 2 aromatic rings. The lowest BCUT2D eigenvalue weighted by molar-refractivity contribution is 0.00896. The summed E-state index contributed by atoms with van der Waals surface area (Å²) in [7, 11) is 0. The van der Waals surface area contributed by atoms with E-state index in [1.807, 2.05) is 12.1 Å². The third kappa shape index (κ3) is 4.71. The van der Waals surface area contributed by atoms with Gasteiger partial charge in [-0.15, -0.1) is 0 Å². The maximum Gasteiger partial charge on any atom is 0.126 e. The fourth-order valence-electron chi connectivity index (χ4n) is 4.10. The number of halogens is 1. The highest BCUT2D eigenvalue weighted by atomic mass is 19.1. The van der Waals surface area contributed by atoms with Crippen molar-refractivity contribution in [1.29, 1.82) is 0 Å². The van der Waals surface area contributed by atoms with E-state index in [2.05, 4.69) is 18.3 Å². The van der Waals surface area contributed by atoms with Crippen molar-refractivity contribution in [3.63, 3.8) is 0 Å². The van der Waals surface area contributed by atoms with Crippen LogP contribution in [0.1, 0.15) is 29.5 Å². The van der Waals surface area contributed by atoms with Crippen molar-refractivity contribution >= 4 is 0 Å². The molecule has 4 rings (SSSR count). The van der Waals surface area contributed by atoms with Crippen molar-refractivity contribution in [1.82, 2.24) is 5.32 Å². The smallest absolute Gasteiger partial charge is 0.126 e. The molecule has 2 aliphatic rings. The Bertz CT molecular complexity index is 789. The van der Waals surface area contributed by atoms with Crippen LogP contribution in [0.15, 0.2) is 36.4 Å². The fraction of sp³-hybridized carbons (Fsp3) is 0.478. The topological polar surface area (TPSA) is 71.0 Å². The average Bonchev–Trinajstić information content (AvgIpc) is 2.72. The van der Waals surface area contributed by atoms with Gasteiger partial charge < -0.3 is 25.0 Å². The van der Waals surface area contributed by atoms with Gasteiger partial charge in [0.15, 0.2) is 0 Å². The first-order valence-electron chi connectivity index (χ1n) is 10.3. The van der Waals surface area contributed by atoms with Gasteiger partial charge in [-0.2, -0.15) is 0 Å². The molecule has 2 aliphatic heterocycles. The minimum absolute atomic E-state index is 0.262. The first-order chi connectivity index (χ1) is 14.0. The zero-order chi connectivity index (χ0) is 20.4. The van der Waals surface area contributed by atoms with E-state index in [1.165, 1.54) is 23.3 Å². The second kappa shape index (κ2) is 8.69. The largest absolute Gasteiger partial charge is 0.487 e. The summed E-state index contributed by atoms with van der Waals surface area (Å²) in [6.45, 7) is 2.70. The van der Waals surface area contributed by atoms with Crippen LogP contribution in [-0.2, 0) is 12.8 Å². The Kier molecular flexibility index (Phi) is 6.04. The zero-order valence-corrected chi connectivity index (χ0v) is 16.6. The van der Waals surface area contributed by atoms with Gasteiger partial charge in [0.1, 0.15) is 41.7 Å². The highest BCUT2D eigenvalue weighted by molar-refractivity contribution is 5.38. The Morgan fingerprint density at radius 1 is 0.931 bits per heavy atom. The van der Waals surface area contributed by atoms with Crippen molar-refractivity contribution in [2.24, 2.45) is 0 Å². The minimum atomic E-state index is -0.712. The van der Waals surface area contributed by atoms with Crippen molar-refractivity contribution < 1.29 is 24.1 Å². The SMILES string of the molecule is Cc1ccc2c(c1)CC[C@@H]([C@@H](O)CNC[C@H](O)[C@H]1CCc3cc(F)ccc3O1)O2. The van der Waals surface area contributed by atoms with E-state index in [9.17, 15) is 14.6 Å². The van der Waals surface area contributed by atoms with Gasteiger partial charge >= 0.3 is 0 Å². The fourth-order valence-corrected chi connectivity index (χ4v) is 4.10. The van der Waals surface area contributed by atoms with Crippen molar-refractivity contribution in [3.05, 3.63) is 58.9 Å². The number of ether oxygens (including phenoxy) is 2. The van der Waals surface area contributed by atoms with Gasteiger partial charge in [-0.25, -0.2) is 4.39 Å². The van der Waals surface area contributed by atoms with Crippen LogP contribution in [0.2, 0.25) is 0 Å². The number of aryl methyl sites for hydroxylation is 3. The summed E-state index contributed by atoms with van der Waals surface area (Å²) in [5.74, 6) is 1.20. The summed E-state index contributed by atoms with van der Waals surface area (Å²) in [6, 6.07) is 10.6. The van der Waals surface area contributed by atoms with Crippen molar-refractivity contribution in [3.8, 4) is 11.5 Å². The summed E-state index contributed by atoms with van der Waals surface area (Å²) < 4.78 is 25.1. The van der Waals surface area contributed by atoms with Crippen molar-refractivity contribution in [2.75, 3.05) is 13.1 Å². The van der Waals surface area contributed by atoms with Gasteiger partial charge in [0.25, 0.3) is 0 Å². The summed E-state index contributed by atoms with van der Waals surface area (Å²) in [4.78, 5) is 0. The number of rotatable bonds is 6. The molecule has 0 saturated heterocycles. The molecular formula is C23H28FNO4. The van der Waals surface area contributed by atoms with E-state index in [1.54, 1.807) is 6.07 Å². The summed E-state index contributed by atoms with van der Waals surface area (Å²) >= 11 is 0. The predicted octanol–water partition coefficient (Wildman–Crippen LogP) is 2.53. The molecule has 0 amide bonds. The maximum absolute atomic E-state index is 13.3. The molecule has 0 unspecified atom stereocenters. The van der Waals surface area contributed by atoms with Crippen LogP contribution in [0, 0.1) is 12.7 Å². The number of aliphatic hydroxyl groups excluding tert-OH is 2. The molecule has 6 heteroatoms. The summed E-state index contributed by atoms with van der Waals surface area (Å²) in [5.41, 5.74) is 3.23. The first kappa shape index (κ1) is 20.1. The zero-order valence-electron chi connectivity index (χ0n) is 16.6. The molecule has 3 N–H and O–H groups in total. The lowest BCUT2D eigenvalue weighted by Crippen LogP contribution is -2.46. The van der Waals surface area contributed by atoms with Crippen LogP contribution < -0.4 is 14.8 Å². The molecule has 5 nitrogen and oxygen atoms in total. The molecule has 0 saturated carbocycles. The van der Waals surface area contributed by atoms with Crippen LogP contribution in [0.4, 0.5) is 4.39 Å². The van der Waals surface area contributed by atoms with E-state index < -0.39 is 12.2 Å². The van der Waals surface area contributed by atoms with E-state index in [-0.39, 0.29) is 18.0 Å². The molecule has 4 atom stereocenters. The van der Waals surface area contributed by atoms with Crippen LogP contribution in [0.5, 0.6) is 11.5 Å². The average molecular weight is 401 g/mol. The maximum atomic E-state index is 13.3. The number of nitrogens with one attached hydrogen (secondary N) is 1. The lowest BCUT2D eigenvalue weighted by atomic mass is 9.97. The monoisotopic (exact) mass is 401 g/mol. The Hall–Kier alpha value is -2.15. The third-order valence-electron chi connectivity index (χ3n) is 5.76. The van der Waals surface area contributed by atoms with E-state index in [0.717, 1.165) is 24.2 Å². The van der Waals surface area contributed by atoms with Gasteiger partial charge in [-0.1, -0.05) is 17.7 Å². The van der Waals surface area contributed by atoms with Gasteiger partial charge in [0.05, 0.1) is 0 Å². The Morgan fingerprint density at radius 2 is 1.48 bits per heavy atom. The number of fused-ring (bicyclic) bond motifs is 2. The van der Waals surface area contributed by atoms with Crippen LogP contribution >= 0.6 is 0 Å². The van der Waals surface area contributed by atoms with Crippen LogP contribution in [0.3, 0.4) is 0 Å². The summed E-state index contributed by atoms with van der Waals surface area (Å²) in [5, 5.41) is 24.1. The highest BCUT2D eigenvalue weighted by Crippen LogP contribution is 2.30. The third-order valence-corrected chi connectivity index (χ3v) is 5.76. The minimum Gasteiger partial charge on any atom is -0.487 e. The molecule has 0 radical (unpaired) electrons.